The zero-order valence-electron chi connectivity index (χ0n) is 9.43. The maximum Gasteiger partial charge on any atom is 0.286 e. The van der Waals surface area contributed by atoms with Gasteiger partial charge in [0.1, 0.15) is 5.52 Å². The van der Waals surface area contributed by atoms with E-state index in [2.05, 4.69) is 0 Å². The van der Waals surface area contributed by atoms with Gasteiger partial charge in [-0.15, -0.1) is 0 Å². The number of hydrogen-bond acceptors (Lipinski definition) is 2. The van der Waals surface area contributed by atoms with Crippen LogP contribution >= 0.6 is 0 Å². The van der Waals surface area contributed by atoms with Gasteiger partial charge in [0.25, 0.3) is 11.2 Å². The summed E-state index contributed by atoms with van der Waals surface area (Å²) in [7, 11) is 0. The molecule has 0 saturated heterocycles. The minimum absolute atomic E-state index is 0.426. The normalized spacial score (nSPS) is 10.9. The molecular formula is C12H14N2O2. The number of hydrogen-bond donors (Lipinski definition) is 0. The summed E-state index contributed by atoms with van der Waals surface area (Å²) in [5.74, 6) is 0. The molecule has 16 heavy (non-hydrogen) atoms. The minimum atomic E-state index is 0.426. The van der Waals surface area contributed by atoms with Gasteiger partial charge in [0.15, 0.2) is 0 Å². The highest BCUT2D eigenvalue weighted by molar-refractivity contribution is 5.72. The molecule has 1 heterocycles. The molecule has 1 aromatic carbocycles. The van der Waals surface area contributed by atoms with Crippen LogP contribution in [0.3, 0.4) is 0 Å². The third-order valence-corrected chi connectivity index (χ3v) is 2.77. The average molecular weight is 218 g/mol. The van der Waals surface area contributed by atoms with Gasteiger partial charge in [0, 0.05) is 17.4 Å². The molecule has 0 amide bonds. The third kappa shape index (κ3) is 1.46. The van der Waals surface area contributed by atoms with Crippen LogP contribution in [0.1, 0.15) is 24.7 Å². The largest absolute Gasteiger partial charge is 0.805 e. The molecule has 0 aliphatic rings. The number of para-hydroxylation sites is 2. The van der Waals surface area contributed by atoms with E-state index in [1.807, 2.05) is 6.92 Å². The summed E-state index contributed by atoms with van der Waals surface area (Å²) in [5.41, 5.74) is 1.92. The van der Waals surface area contributed by atoms with Crippen LogP contribution < -0.4 is 4.43 Å². The van der Waals surface area contributed by atoms with Crippen molar-refractivity contribution in [2.45, 2.75) is 26.7 Å². The summed E-state index contributed by atoms with van der Waals surface area (Å²) in [6.07, 6.45) is 1.48. The molecule has 0 bridgehead atoms. The Hall–Kier alpha value is -1.84. The third-order valence-electron chi connectivity index (χ3n) is 2.77. The van der Waals surface area contributed by atoms with Crippen LogP contribution in [0.5, 0.6) is 0 Å². The molecule has 0 spiro atoms. The Balaban J connectivity index is 2.89. The Morgan fingerprint density at radius 1 is 1.38 bits per heavy atom. The first-order chi connectivity index (χ1) is 7.66. The van der Waals surface area contributed by atoms with Gasteiger partial charge in [-0.2, -0.15) is 0 Å². The van der Waals surface area contributed by atoms with Gasteiger partial charge in [0.05, 0.1) is 10.1 Å². The summed E-state index contributed by atoms with van der Waals surface area (Å²) in [6.45, 7) is 3.68. The molecule has 84 valence electrons. The maximum absolute atomic E-state index is 12.1. The van der Waals surface area contributed by atoms with Gasteiger partial charge in [-0.25, -0.2) is 0 Å². The van der Waals surface area contributed by atoms with Crippen LogP contribution in [-0.2, 0) is 6.42 Å². The Morgan fingerprint density at radius 2 is 2.06 bits per heavy atom. The van der Waals surface area contributed by atoms with Crippen molar-refractivity contribution >= 4 is 11.0 Å². The molecule has 0 unspecified atom stereocenters. The van der Waals surface area contributed by atoms with Gasteiger partial charge in [-0.3, -0.25) is 0 Å². The van der Waals surface area contributed by atoms with Crippen LogP contribution in [-0.4, -0.2) is 4.73 Å². The highest BCUT2D eigenvalue weighted by Crippen LogP contribution is 2.14. The molecular weight excluding hydrogens is 204 g/mol. The fourth-order valence-electron chi connectivity index (χ4n) is 1.92. The van der Waals surface area contributed by atoms with E-state index < -0.39 is 0 Å². The quantitative estimate of drug-likeness (QED) is 0.725. The Kier molecular flexibility index (Phi) is 2.64. The lowest BCUT2D eigenvalue weighted by Gasteiger charge is -2.16. The summed E-state index contributed by atoms with van der Waals surface area (Å²) in [6, 6.07) is 6.87. The SMILES string of the molecule is CCCc1c(C)n([O-])c2ccccc2[n+]1=O. The van der Waals surface area contributed by atoms with Crippen LogP contribution in [0.2, 0.25) is 0 Å². The lowest BCUT2D eigenvalue weighted by Crippen LogP contribution is -2.26. The summed E-state index contributed by atoms with van der Waals surface area (Å²) in [4.78, 5) is 12.1. The summed E-state index contributed by atoms with van der Waals surface area (Å²) >= 11 is 0. The van der Waals surface area contributed by atoms with E-state index in [-0.39, 0.29) is 0 Å². The first kappa shape index (κ1) is 10.7. The highest BCUT2D eigenvalue weighted by atomic mass is 16.5. The lowest BCUT2D eigenvalue weighted by atomic mass is 10.2. The number of aromatic nitrogens is 2. The molecule has 1 aromatic heterocycles. The van der Waals surface area contributed by atoms with Crippen LogP contribution in [0.15, 0.2) is 24.3 Å². The maximum atomic E-state index is 12.1. The smallest absolute Gasteiger partial charge is 0.286 e. The predicted molar refractivity (Wildman–Crippen MR) is 62.8 cm³/mol. The van der Waals surface area contributed by atoms with E-state index in [0.29, 0.717) is 28.8 Å². The van der Waals surface area contributed by atoms with E-state index in [1.54, 1.807) is 31.2 Å². The van der Waals surface area contributed by atoms with Gasteiger partial charge in [-0.1, -0.05) is 19.1 Å². The fraction of sp³-hybridized carbons (Fsp3) is 0.333. The second kappa shape index (κ2) is 3.96. The van der Waals surface area contributed by atoms with Crippen LogP contribution in [0, 0.1) is 17.0 Å². The molecule has 0 fully saturated rings. The van der Waals surface area contributed by atoms with Crippen molar-refractivity contribution in [3.8, 4) is 0 Å². The van der Waals surface area contributed by atoms with Gasteiger partial charge in [0.2, 0.25) is 0 Å². The van der Waals surface area contributed by atoms with Gasteiger partial charge in [-0.05, 0) is 19.4 Å². The molecule has 0 saturated carbocycles. The Morgan fingerprint density at radius 3 is 2.75 bits per heavy atom. The molecule has 0 aliphatic carbocycles. The van der Waals surface area contributed by atoms with Crippen molar-refractivity contribution in [3.05, 3.63) is 45.8 Å². The first-order valence-electron chi connectivity index (χ1n) is 5.40. The number of benzene rings is 1. The van der Waals surface area contributed by atoms with Gasteiger partial charge >= 0.3 is 0 Å². The molecule has 0 radical (unpaired) electrons. The van der Waals surface area contributed by atoms with Crippen molar-refractivity contribution in [1.82, 2.24) is 4.73 Å². The number of fused-ring (bicyclic) bond motifs is 1. The Labute approximate surface area is 93.3 Å². The summed E-state index contributed by atoms with van der Waals surface area (Å²) in [5, 5.41) is 11.9. The lowest BCUT2D eigenvalue weighted by molar-refractivity contribution is -0.476. The molecule has 2 rings (SSSR count). The highest BCUT2D eigenvalue weighted by Gasteiger charge is 2.17. The van der Waals surface area contributed by atoms with Crippen molar-refractivity contribution in [2.75, 3.05) is 0 Å². The van der Waals surface area contributed by atoms with Crippen molar-refractivity contribution in [2.24, 2.45) is 0 Å². The molecule has 0 aliphatic heterocycles. The monoisotopic (exact) mass is 218 g/mol. The zero-order chi connectivity index (χ0) is 11.7. The predicted octanol–water partition coefficient (Wildman–Crippen LogP) is 2.16. The summed E-state index contributed by atoms with van der Waals surface area (Å²) < 4.78 is 1.72. The first-order valence-corrected chi connectivity index (χ1v) is 5.40. The van der Waals surface area contributed by atoms with E-state index in [4.69, 9.17) is 0 Å². The van der Waals surface area contributed by atoms with E-state index in [0.717, 1.165) is 15.6 Å². The zero-order valence-corrected chi connectivity index (χ0v) is 9.43. The average Bonchev–Trinajstić information content (AvgIpc) is 2.32. The number of nitrogens with zero attached hydrogens (tertiary/aromatic N) is 2. The van der Waals surface area contributed by atoms with E-state index >= 15 is 0 Å². The second-order valence-electron chi connectivity index (χ2n) is 3.86. The van der Waals surface area contributed by atoms with E-state index in [9.17, 15) is 10.1 Å². The van der Waals surface area contributed by atoms with Crippen molar-refractivity contribution < 1.29 is 4.43 Å². The van der Waals surface area contributed by atoms with E-state index in [1.165, 1.54) is 0 Å². The van der Waals surface area contributed by atoms with Gasteiger partial charge < -0.3 is 9.94 Å². The number of rotatable bonds is 2. The molecule has 0 atom stereocenters. The Bertz CT molecular complexity index is 587. The van der Waals surface area contributed by atoms with Crippen LogP contribution in [0.25, 0.3) is 11.0 Å². The second-order valence-corrected chi connectivity index (χ2v) is 3.86. The fourth-order valence-corrected chi connectivity index (χ4v) is 1.92. The minimum Gasteiger partial charge on any atom is -0.805 e. The van der Waals surface area contributed by atoms with Crippen LogP contribution in [0.4, 0.5) is 0 Å². The standard InChI is InChI=1S/C12H14N2O2/c1-3-6-10-9(2)13(15)11-7-4-5-8-12(11)14(10)16/h4-5,7-8H,3,6H2,1-2H3. The topological polar surface area (TPSA) is 51.0 Å². The molecule has 2 aromatic rings. The molecule has 4 nitrogen and oxygen atoms in total. The molecule has 4 heteroatoms. The molecule has 0 N–H and O–H groups in total. The van der Waals surface area contributed by atoms with Crippen molar-refractivity contribution in [1.29, 1.82) is 0 Å². The van der Waals surface area contributed by atoms with Crippen molar-refractivity contribution in [3.63, 3.8) is 0 Å².